The maximum absolute atomic E-state index is 12.3. The highest BCUT2D eigenvalue weighted by Gasteiger charge is 2.52. The van der Waals surface area contributed by atoms with Crippen molar-refractivity contribution in [1.29, 1.82) is 0 Å². The molecule has 0 bridgehead atoms. The number of H-pyrrole nitrogens is 1. The third-order valence-corrected chi connectivity index (χ3v) is 10.7. The molecule has 166 valence electrons. The van der Waals surface area contributed by atoms with Crippen LogP contribution in [-0.4, -0.2) is 32.6 Å². The lowest BCUT2D eigenvalue weighted by Gasteiger charge is -2.37. The van der Waals surface area contributed by atoms with E-state index < -0.39 is 19.5 Å². The van der Waals surface area contributed by atoms with E-state index in [0.717, 1.165) is 25.7 Å². The van der Waals surface area contributed by atoms with Crippen molar-refractivity contribution in [2.45, 2.75) is 89.1 Å². The van der Waals surface area contributed by atoms with Crippen molar-refractivity contribution in [3.63, 3.8) is 0 Å². The lowest BCUT2D eigenvalue weighted by atomic mass is 9.77. The minimum atomic E-state index is -1.07. The summed E-state index contributed by atoms with van der Waals surface area (Å²) in [4.78, 5) is 26.3. The zero-order valence-electron chi connectivity index (χ0n) is 18.1. The zero-order valence-corrected chi connectivity index (χ0v) is 19.8. The molecule has 7 nitrogen and oxygen atoms in total. The molecule has 3 heterocycles. The molecule has 7 atom stereocenters. The molecule has 0 amide bonds. The fraction of sp³-hybridized carbons (Fsp3) is 0.714. The predicted molar refractivity (Wildman–Crippen MR) is 120 cm³/mol. The molecule has 2 saturated heterocycles. The second-order valence-electron chi connectivity index (χ2n) is 8.93. The van der Waals surface area contributed by atoms with E-state index in [1.807, 2.05) is 11.4 Å². The first kappa shape index (κ1) is 22.3. The van der Waals surface area contributed by atoms with Gasteiger partial charge in [0.05, 0.1) is 18.3 Å². The third kappa shape index (κ3) is 4.22. The van der Waals surface area contributed by atoms with Crippen LogP contribution in [0.5, 0.6) is 0 Å². The van der Waals surface area contributed by atoms with Gasteiger partial charge in [-0.25, -0.2) is 4.79 Å². The number of fused-ring (bicyclic) bond motifs is 1. The first-order valence-electron chi connectivity index (χ1n) is 10.7. The van der Waals surface area contributed by atoms with Gasteiger partial charge in [-0.15, -0.1) is 0 Å². The van der Waals surface area contributed by atoms with Gasteiger partial charge in [-0.3, -0.25) is 14.3 Å². The Morgan fingerprint density at radius 3 is 2.93 bits per heavy atom. The van der Waals surface area contributed by atoms with E-state index in [4.69, 9.17) is 13.8 Å². The van der Waals surface area contributed by atoms with E-state index in [1.54, 1.807) is 13.1 Å². The summed E-state index contributed by atoms with van der Waals surface area (Å²) in [5, 5.41) is 0. The van der Waals surface area contributed by atoms with E-state index in [-0.39, 0.29) is 28.6 Å². The number of nitrogens with zero attached hydrogens (tertiary/aromatic N) is 1. The molecule has 3 fully saturated rings. The molecular weight excluding hydrogens is 423 g/mol. The van der Waals surface area contributed by atoms with Crippen LogP contribution in [0.4, 0.5) is 0 Å². The Kier molecular flexibility index (Phi) is 6.35. The molecule has 1 aromatic heterocycles. The van der Waals surface area contributed by atoms with Crippen molar-refractivity contribution in [2.75, 3.05) is 0 Å². The van der Waals surface area contributed by atoms with Crippen LogP contribution in [0.25, 0.3) is 0 Å². The van der Waals surface area contributed by atoms with E-state index in [9.17, 15) is 9.59 Å². The van der Waals surface area contributed by atoms with Crippen LogP contribution in [0.3, 0.4) is 0 Å². The number of ether oxygens (including phenoxy) is 1. The summed E-state index contributed by atoms with van der Waals surface area (Å²) in [5.41, 5.74) is 0.908. The fourth-order valence-electron chi connectivity index (χ4n) is 4.55. The van der Waals surface area contributed by atoms with E-state index in [2.05, 4.69) is 32.3 Å². The lowest BCUT2D eigenvalue weighted by molar-refractivity contribution is -0.0187. The summed E-state index contributed by atoms with van der Waals surface area (Å²) in [6.45, 7) is 12.3. The van der Waals surface area contributed by atoms with Gasteiger partial charge >= 0.3 is 5.69 Å². The van der Waals surface area contributed by atoms with Crippen molar-refractivity contribution in [2.24, 2.45) is 5.92 Å². The predicted octanol–water partition coefficient (Wildman–Crippen LogP) is 4.42. The van der Waals surface area contributed by atoms with Crippen LogP contribution in [0.15, 0.2) is 27.9 Å². The number of hydrogen-bond acceptors (Lipinski definition) is 6. The minimum Gasteiger partial charge on any atom is -0.352 e. The monoisotopic (exact) mass is 454 g/mol. The highest BCUT2D eigenvalue weighted by Crippen LogP contribution is 2.70. The molecule has 0 radical (unpaired) electrons. The Balaban J connectivity index is 1.45. The second-order valence-corrected chi connectivity index (χ2v) is 12.4. The van der Waals surface area contributed by atoms with Gasteiger partial charge < -0.3 is 13.8 Å². The average molecular weight is 455 g/mol. The Morgan fingerprint density at radius 2 is 2.23 bits per heavy atom. The summed E-state index contributed by atoms with van der Waals surface area (Å²) in [5.74, 6) is 0.525. The van der Waals surface area contributed by atoms with E-state index in [0.29, 0.717) is 17.9 Å². The van der Waals surface area contributed by atoms with Crippen LogP contribution in [0.2, 0.25) is 0 Å². The maximum atomic E-state index is 12.3. The van der Waals surface area contributed by atoms with E-state index in [1.165, 1.54) is 10.1 Å². The normalized spacial score (nSPS) is 38.5. The number of hydrogen-bond donors (Lipinski definition) is 1. The highest BCUT2D eigenvalue weighted by atomic mass is 32.7. The van der Waals surface area contributed by atoms with Gasteiger partial charge in [0, 0.05) is 22.9 Å². The van der Waals surface area contributed by atoms with Gasteiger partial charge in [0.2, 0.25) is 7.58 Å². The smallest absolute Gasteiger partial charge is 0.330 e. The molecule has 0 aromatic carbocycles. The fourth-order valence-corrected chi connectivity index (χ4v) is 9.09. The van der Waals surface area contributed by atoms with Gasteiger partial charge in [0.1, 0.15) is 6.23 Å². The molecule has 30 heavy (non-hydrogen) atoms. The number of rotatable bonds is 5. The summed E-state index contributed by atoms with van der Waals surface area (Å²) in [6, 6.07) is 0. The quantitative estimate of drug-likeness (QED) is 0.524. The molecule has 1 aliphatic carbocycles. The summed E-state index contributed by atoms with van der Waals surface area (Å²) in [7, 11) is -1.07. The molecule has 0 spiro atoms. The maximum Gasteiger partial charge on any atom is 0.330 e. The van der Waals surface area contributed by atoms with Crippen molar-refractivity contribution < 1.29 is 13.8 Å². The van der Waals surface area contributed by atoms with Crippen molar-refractivity contribution in [3.05, 3.63) is 44.8 Å². The molecule has 2 unspecified atom stereocenters. The third-order valence-electron chi connectivity index (χ3n) is 6.62. The van der Waals surface area contributed by atoms with Crippen molar-refractivity contribution in [3.8, 4) is 0 Å². The number of nitrogens with one attached hydrogen (secondary N) is 1. The first-order chi connectivity index (χ1) is 14.2. The molecule has 3 aliphatic rings. The van der Waals surface area contributed by atoms with Crippen LogP contribution in [-0.2, 0) is 13.8 Å². The van der Waals surface area contributed by atoms with Gasteiger partial charge in [-0.05, 0) is 52.4 Å². The number of aromatic nitrogens is 2. The summed E-state index contributed by atoms with van der Waals surface area (Å²) in [6.07, 6.45) is 5.67. The molecule has 1 N–H and O–H groups in total. The number of allylic oxidation sites excluding steroid dienone is 1. The van der Waals surface area contributed by atoms with Gasteiger partial charge in [0.15, 0.2) is 0 Å². The molecule has 1 aromatic rings. The van der Waals surface area contributed by atoms with Crippen LogP contribution >= 0.6 is 19.0 Å². The number of aryl methyl sites for hydroxylation is 1. The van der Waals surface area contributed by atoms with Crippen LogP contribution < -0.4 is 11.2 Å². The largest absolute Gasteiger partial charge is 0.352 e. The molecule has 9 heteroatoms. The Hall–Kier alpha value is -0.920. The standard InChI is InChI=1S/C21H31N2O5PS/c1-6-15-16(10-18(26-15)23-11-13(4)19(24)22-20(23)25)27-29-28-17-9-14(12(2)3)7-8-21(17,5)30-29/h11,14-18H,2,6-10H2,1,3-5H3,(H,22,24,25)/t14?,15-,16?,17-,18-,21-,29-/m1/s1. The summed E-state index contributed by atoms with van der Waals surface area (Å²) >= 11 is 1.83. The molecule has 4 rings (SSSR count). The van der Waals surface area contributed by atoms with Crippen molar-refractivity contribution in [1.82, 2.24) is 9.55 Å². The SMILES string of the molecule is C=C(C)C1CC[C@@]2(C)S[P@](OC3C[C@H](n4cc(C)c(=O)[nH]c4=O)O[C@@H]3CC)O[C@@H]2C1. The first-order valence-corrected chi connectivity index (χ1v) is 13.3. The topological polar surface area (TPSA) is 82.6 Å². The highest BCUT2D eigenvalue weighted by molar-refractivity contribution is 8.54. The van der Waals surface area contributed by atoms with Crippen LogP contribution in [0.1, 0.15) is 64.7 Å². The zero-order chi connectivity index (χ0) is 21.6. The Bertz CT molecular complexity index is 933. The van der Waals surface area contributed by atoms with Crippen molar-refractivity contribution >= 4 is 19.0 Å². The number of aromatic amines is 1. The Labute approximate surface area is 182 Å². The van der Waals surface area contributed by atoms with Gasteiger partial charge in [-0.2, -0.15) is 0 Å². The minimum absolute atomic E-state index is 0.0885. The average Bonchev–Trinajstić information content (AvgIpc) is 3.23. The Morgan fingerprint density at radius 1 is 1.47 bits per heavy atom. The van der Waals surface area contributed by atoms with Crippen LogP contribution in [0, 0.1) is 12.8 Å². The van der Waals surface area contributed by atoms with E-state index >= 15 is 0 Å². The summed E-state index contributed by atoms with van der Waals surface area (Å²) < 4.78 is 20.5. The molecule has 1 saturated carbocycles. The van der Waals surface area contributed by atoms with Gasteiger partial charge in [-0.1, -0.05) is 30.5 Å². The molecule has 2 aliphatic heterocycles. The lowest BCUT2D eigenvalue weighted by Crippen LogP contribution is -2.39. The van der Waals surface area contributed by atoms with Gasteiger partial charge in [0.25, 0.3) is 5.56 Å². The second kappa shape index (κ2) is 8.55. The molecular formula is C21H31N2O5PS.